The Labute approximate surface area is 89.4 Å². The van der Waals surface area contributed by atoms with Crippen LogP contribution in [0.3, 0.4) is 0 Å². The molecule has 3 nitrogen and oxygen atoms in total. The minimum Gasteiger partial charge on any atom is -0.379 e. The van der Waals surface area contributed by atoms with Crippen LogP contribution in [-0.4, -0.2) is 38.3 Å². The van der Waals surface area contributed by atoms with E-state index in [-0.39, 0.29) is 12.6 Å². The van der Waals surface area contributed by atoms with E-state index in [4.69, 9.17) is 10.5 Å². The molecule has 0 bridgehead atoms. The number of rotatable bonds is 5. The second-order valence-corrected chi connectivity index (χ2v) is 4.10. The topological polar surface area (TPSA) is 47.3 Å². The van der Waals surface area contributed by atoms with Crippen molar-refractivity contribution in [2.45, 2.75) is 43.8 Å². The number of halogens is 2. The Balaban J connectivity index is 2.61. The molecule has 2 unspecified atom stereocenters. The molecule has 1 aliphatic carbocycles. The Hall–Kier alpha value is -0.260. The van der Waals surface area contributed by atoms with Crippen molar-refractivity contribution in [2.75, 3.05) is 20.2 Å². The number of hydrogen-bond acceptors (Lipinski definition) is 3. The first-order chi connectivity index (χ1) is 7.14. The van der Waals surface area contributed by atoms with E-state index < -0.39 is 12.0 Å². The molecule has 0 spiro atoms. The summed E-state index contributed by atoms with van der Waals surface area (Å²) in [6.07, 6.45) is 1.42. The van der Waals surface area contributed by atoms with Crippen LogP contribution in [0.1, 0.15) is 25.7 Å². The molecule has 2 atom stereocenters. The van der Waals surface area contributed by atoms with Crippen LogP contribution >= 0.6 is 0 Å². The fraction of sp³-hybridized carbons (Fsp3) is 1.00. The van der Waals surface area contributed by atoms with Gasteiger partial charge in [0.1, 0.15) is 0 Å². The summed E-state index contributed by atoms with van der Waals surface area (Å²) in [5.41, 5.74) is 5.25. The van der Waals surface area contributed by atoms with Gasteiger partial charge >= 0.3 is 0 Å². The van der Waals surface area contributed by atoms with Gasteiger partial charge in [-0.2, -0.15) is 0 Å². The van der Waals surface area contributed by atoms with Gasteiger partial charge in [0.15, 0.2) is 0 Å². The van der Waals surface area contributed by atoms with Crippen molar-refractivity contribution in [2.24, 2.45) is 5.73 Å². The molecule has 0 aromatic rings. The zero-order chi connectivity index (χ0) is 11.3. The zero-order valence-corrected chi connectivity index (χ0v) is 9.14. The molecule has 0 radical (unpaired) electrons. The Morgan fingerprint density at radius 3 is 2.80 bits per heavy atom. The van der Waals surface area contributed by atoms with Gasteiger partial charge < -0.3 is 15.8 Å². The van der Waals surface area contributed by atoms with E-state index in [0.29, 0.717) is 6.54 Å². The minimum absolute atomic E-state index is 0.0463. The fourth-order valence-corrected chi connectivity index (χ4v) is 2.34. The third-order valence-corrected chi connectivity index (χ3v) is 3.21. The van der Waals surface area contributed by atoms with Gasteiger partial charge in [-0.25, -0.2) is 8.78 Å². The van der Waals surface area contributed by atoms with Gasteiger partial charge in [0.25, 0.3) is 6.43 Å². The zero-order valence-electron chi connectivity index (χ0n) is 9.14. The van der Waals surface area contributed by atoms with E-state index in [1.54, 1.807) is 7.11 Å². The summed E-state index contributed by atoms with van der Waals surface area (Å²) in [4.78, 5) is 0. The van der Waals surface area contributed by atoms with Crippen molar-refractivity contribution in [3.63, 3.8) is 0 Å². The van der Waals surface area contributed by atoms with Crippen LogP contribution in [0.5, 0.6) is 0 Å². The predicted octanol–water partition coefficient (Wildman–Crippen LogP) is 1.13. The second-order valence-electron chi connectivity index (χ2n) is 4.10. The molecule has 0 aromatic carbocycles. The van der Waals surface area contributed by atoms with Gasteiger partial charge in [-0.1, -0.05) is 12.8 Å². The third-order valence-electron chi connectivity index (χ3n) is 3.21. The molecule has 5 heteroatoms. The van der Waals surface area contributed by atoms with Crippen molar-refractivity contribution in [3.05, 3.63) is 0 Å². The summed E-state index contributed by atoms with van der Waals surface area (Å²) in [5, 5.41) is 2.89. The molecule has 0 heterocycles. The highest BCUT2D eigenvalue weighted by Gasteiger charge is 2.39. The van der Waals surface area contributed by atoms with E-state index in [2.05, 4.69) is 5.32 Å². The van der Waals surface area contributed by atoms with E-state index in [1.807, 2.05) is 0 Å². The Morgan fingerprint density at radius 2 is 2.27 bits per heavy atom. The average molecular weight is 222 g/mol. The summed E-state index contributed by atoms with van der Waals surface area (Å²) in [6.45, 7) is 0.0370. The monoisotopic (exact) mass is 222 g/mol. The molecular weight excluding hydrogens is 202 g/mol. The highest BCUT2D eigenvalue weighted by atomic mass is 19.3. The van der Waals surface area contributed by atoms with Gasteiger partial charge in [0, 0.05) is 13.7 Å². The van der Waals surface area contributed by atoms with E-state index in [1.165, 1.54) is 0 Å². The van der Waals surface area contributed by atoms with Crippen molar-refractivity contribution < 1.29 is 13.5 Å². The number of hydrogen-bond donors (Lipinski definition) is 2. The maximum absolute atomic E-state index is 12.2. The van der Waals surface area contributed by atoms with Gasteiger partial charge in [-0.05, 0) is 12.8 Å². The summed E-state index contributed by atoms with van der Waals surface area (Å²) in [5.74, 6) is 0. The first-order valence-electron chi connectivity index (χ1n) is 5.40. The van der Waals surface area contributed by atoms with Crippen LogP contribution in [-0.2, 0) is 4.74 Å². The number of nitrogens with one attached hydrogen (secondary N) is 1. The van der Waals surface area contributed by atoms with Crippen molar-refractivity contribution >= 4 is 0 Å². The van der Waals surface area contributed by atoms with Gasteiger partial charge in [0.05, 0.1) is 18.2 Å². The standard InChI is InChI=1S/C10H20F2N2O/c1-15-8-4-2-3-5-10(8,7-13)14-6-9(11)12/h8-9,14H,2-7,13H2,1H3. The molecule has 1 rings (SSSR count). The van der Waals surface area contributed by atoms with Crippen LogP contribution < -0.4 is 11.1 Å². The van der Waals surface area contributed by atoms with Crippen molar-refractivity contribution in [3.8, 4) is 0 Å². The van der Waals surface area contributed by atoms with E-state index >= 15 is 0 Å². The number of nitrogens with two attached hydrogens (primary N) is 1. The van der Waals surface area contributed by atoms with E-state index in [9.17, 15) is 8.78 Å². The average Bonchev–Trinajstić information content (AvgIpc) is 2.26. The molecule has 1 aliphatic rings. The molecular formula is C10H20F2N2O. The van der Waals surface area contributed by atoms with E-state index in [0.717, 1.165) is 25.7 Å². The fourth-order valence-electron chi connectivity index (χ4n) is 2.34. The Kier molecular flexibility index (Phi) is 4.89. The number of ether oxygens (including phenoxy) is 1. The lowest BCUT2D eigenvalue weighted by atomic mass is 9.79. The van der Waals surface area contributed by atoms with Gasteiger partial charge in [-0.15, -0.1) is 0 Å². The van der Waals surface area contributed by atoms with Gasteiger partial charge in [0.2, 0.25) is 0 Å². The van der Waals surface area contributed by atoms with Crippen LogP contribution in [0.4, 0.5) is 8.78 Å². The summed E-state index contributed by atoms with van der Waals surface area (Å²) in [6, 6.07) is 0. The Morgan fingerprint density at radius 1 is 1.53 bits per heavy atom. The predicted molar refractivity (Wildman–Crippen MR) is 55.1 cm³/mol. The molecule has 0 amide bonds. The molecule has 3 N–H and O–H groups in total. The third kappa shape index (κ3) is 3.09. The summed E-state index contributed by atoms with van der Waals surface area (Å²) < 4.78 is 29.7. The molecule has 0 aromatic heterocycles. The minimum atomic E-state index is -2.34. The van der Waals surface area contributed by atoms with Crippen LogP contribution in [0.25, 0.3) is 0 Å². The smallest absolute Gasteiger partial charge is 0.250 e. The van der Waals surface area contributed by atoms with Crippen LogP contribution in [0.2, 0.25) is 0 Å². The van der Waals surface area contributed by atoms with Crippen LogP contribution in [0.15, 0.2) is 0 Å². The van der Waals surface area contributed by atoms with Gasteiger partial charge in [-0.3, -0.25) is 0 Å². The lowest BCUT2D eigenvalue weighted by Gasteiger charge is -2.43. The highest BCUT2D eigenvalue weighted by Crippen LogP contribution is 2.29. The first-order valence-corrected chi connectivity index (χ1v) is 5.40. The normalized spacial score (nSPS) is 32.2. The lowest BCUT2D eigenvalue weighted by molar-refractivity contribution is -0.0154. The first kappa shape index (κ1) is 12.8. The quantitative estimate of drug-likeness (QED) is 0.733. The lowest BCUT2D eigenvalue weighted by Crippen LogP contribution is -2.62. The Bertz CT molecular complexity index is 192. The number of alkyl halides is 2. The molecule has 15 heavy (non-hydrogen) atoms. The molecule has 0 saturated heterocycles. The molecule has 0 aliphatic heterocycles. The summed E-state index contributed by atoms with van der Waals surface area (Å²) in [7, 11) is 1.62. The second kappa shape index (κ2) is 5.72. The number of methoxy groups -OCH3 is 1. The highest BCUT2D eigenvalue weighted by molar-refractivity contribution is 4.99. The molecule has 1 fully saturated rings. The largest absolute Gasteiger partial charge is 0.379 e. The molecule has 90 valence electrons. The maximum Gasteiger partial charge on any atom is 0.250 e. The maximum atomic E-state index is 12.2. The van der Waals surface area contributed by atoms with Crippen LogP contribution in [0, 0.1) is 0 Å². The van der Waals surface area contributed by atoms with Crippen molar-refractivity contribution in [1.82, 2.24) is 5.32 Å². The SMILES string of the molecule is COC1CCCCC1(CN)NCC(F)F. The molecule has 1 saturated carbocycles. The summed E-state index contributed by atoms with van der Waals surface area (Å²) >= 11 is 0. The van der Waals surface area contributed by atoms with Crippen molar-refractivity contribution in [1.29, 1.82) is 0 Å².